The van der Waals surface area contributed by atoms with Gasteiger partial charge in [0.15, 0.2) is 0 Å². The van der Waals surface area contributed by atoms with Gasteiger partial charge < -0.3 is 24.4 Å². The van der Waals surface area contributed by atoms with Crippen molar-refractivity contribution in [1.82, 2.24) is 9.80 Å². The van der Waals surface area contributed by atoms with Crippen molar-refractivity contribution in [3.05, 3.63) is 64.7 Å². The Balaban J connectivity index is 2.00. The van der Waals surface area contributed by atoms with E-state index in [1.165, 1.54) is 0 Å². The smallest absolute Gasteiger partial charge is 0.295 e. The summed E-state index contributed by atoms with van der Waals surface area (Å²) < 4.78 is 11.6. The third-order valence-electron chi connectivity index (χ3n) is 6.51. The Morgan fingerprint density at radius 2 is 1.54 bits per heavy atom. The van der Waals surface area contributed by atoms with Gasteiger partial charge in [-0.1, -0.05) is 38.8 Å². The molecule has 0 aromatic heterocycles. The van der Waals surface area contributed by atoms with Gasteiger partial charge in [-0.25, -0.2) is 0 Å². The molecule has 1 N–H and O–H groups in total. The number of carbonyl (C=O) groups excluding carboxylic acids is 2. The number of aliphatic hydroxyl groups excluding tert-OH is 1. The van der Waals surface area contributed by atoms with Gasteiger partial charge in [0.05, 0.1) is 24.8 Å². The van der Waals surface area contributed by atoms with Gasteiger partial charge in [-0.15, -0.1) is 0 Å². The Morgan fingerprint density at radius 3 is 2.11 bits per heavy atom. The number of aliphatic hydroxyl groups is 1. The molecule has 1 heterocycles. The largest absolute Gasteiger partial charge is 0.507 e. The lowest BCUT2D eigenvalue weighted by Crippen LogP contribution is -2.35. The number of ether oxygens (including phenoxy) is 2. The highest BCUT2D eigenvalue weighted by Gasteiger charge is 2.46. The molecule has 1 fully saturated rings. The van der Waals surface area contributed by atoms with Crippen LogP contribution < -0.4 is 9.47 Å². The van der Waals surface area contributed by atoms with Crippen LogP contribution in [-0.4, -0.2) is 67.0 Å². The quantitative estimate of drug-likeness (QED) is 0.170. The van der Waals surface area contributed by atoms with Gasteiger partial charge in [-0.3, -0.25) is 9.59 Å². The highest BCUT2D eigenvalue weighted by Crippen LogP contribution is 2.40. The van der Waals surface area contributed by atoms with E-state index < -0.39 is 17.7 Å². The maximum atomic E-state index is 13.3. The molecular formula is C30H40N2O5. The molecule has 1 aliphatic rings. The van der Waals surface area contributed by atoms with E-state index in [0.717, 1.165) is 42.6 Å². The fourth-order valence-electron chi connectivity index (χ4n) is 4.32. The Kier molecular flexibility index (Phi) is 10.1. The van der Waals surface area contributed by atoms with Crippen LogP contribution in [0.4, 0.5) is 0 Å². The Bertz CT molecular complexity index is 1110. The van der Waals surface area contributed by atoms with E-state index in [4.69, 9.17) is 9.47 Å². The molecule has 1 aliphatic heterocycles. The molecule has 7 heteroatoms. The number of rotatable bonds is 13. The lowest BCUT2D eigenvalue weighted by Gasteiger charge is -2.27. The Labute approximate surface area is 220 Å². The van der Waals surface area contributed by atoms with E-state index in [2.05, 4.69) is 13.8 Å². The minimum atomic E-state index is -0.690. The number of nitrogens with zero attached hydrogens (tertiary/aromatic N) is 2. The lowest BCUT2D eigenvalue weighted by molar-refractivity contribution is -0.140. The average Bonchev–Trinajstić information content (AvgIpc) is 3.13. The summed E-state index contributed by atoms with van der Waals surface area (Å²) in [6.45, 7) is 8.28. The molecule has 7 nitrogen and oxygen atoms in total. The number of unbranched alkanes of at least 4 members (excludes halogenated alkanes) is 2. The Morgan fingerprint density at radius 1 is 0.946 bits per heavy atom. The van der Waals surface area contributed by atoms with Crippen LogP contribution in [0.5, 0.6) is 11.5 Å². The summed E-state index contributed by atoms with van der Waals surface area (Å²) in [6.07, 6.45) is 4.01. The van der Waals surface area contributed by atoms with Gasteiger partial charge in [-0.05, 0) is 75.3 Å². The zero-order chi connectivity index (χ0) is 26.9. The molecule has 0 aliphatic carbocycles. The van der Waals surface area contributed by atoms with Gasteiger partial charge in [-0.2, -0.15) is 0 Å². The van der Waals surface area contributed by atoms with Crippen molar-refractivity contribution < 1.29 is 24.2 Å². The molecule has 0 saturated carbocycles. The van der Waals surface area contributed by atoms with Crippen LogP contribution in [0.1, 0.15) is 62.3 Å². The first-order valence-electron chi connectivity index (χ1n) is 13.2. The number of amides is 1. The molecule has 1 saturated heterocycles. The standard InChI is InChI=1S/C30H40N2O5/c1-6-8-18-36-23-12-10-22(11-13-23)27-26(29(34)30(35)32(27)17-16-31(4)5)28(33)25-15-14-24(20-21(25)3)37-19-9-7-2/h10-15,20,27,33H,6-9,16-19H2,1-5H3. The highest BCUT2D eigenvalue weighted by molar-refractivity contribution is 6.46. The van der Waals surface area contributed by atoms with E-state index in [1.807, 2.05) is 56.3 Å². The predicted octanol–water partition coefficient (Wildman–Crippen LogP) is 5.34. The molecule has 2 aromatic rings. The number of hydrogen-bond donors (Lipinski definition) is 1. The molecule has 37 heavy (non-hydrogen) atoms. The number of carbonyl (C=O) groups is 2. The van der Waals surface area contributed by atoms with Crippen molar-refractivity contribution in [3.8, 4) is 11.5 Å². The zero-order valence-corrected chi connectivity index (χ0v) is 22.8. The second-order valence-electron chi connectivity index (χ2n) is 9.75. The van der Waals surface area contributed by atoms with E-state index in [0.29, 0.717) is 37.6 Å². The third-order valence-corrected chi connectivity index (χ3v) is 6.51. The van der Waals surface area contributed by atoms with Crippen LogP contribution in [-0.2, 0) is 9.59 Å². The maximum absolute atomic E-state index is 13.3. The summed E-state index contributed by atoms with van der Waals surface area (Å²) in [7, 11) is 3.84. The first-order chi connectivity index (χ1) is 17.8. The maximum Gasteiger partial charge on any atom is 0.295 e. The molecule has 1 amide bonds. The molecule has 2 aromatic carbocycles. The molecule has 1 unspecified atom stereocenters. The molecular weight excluding hydrogens is 468 g/mol. The predicted molar refractivity (Wildman–Crippen MR) is 146 cm³/mol. The first-order valence-corrected chi connectivity index (χ1v) is 13.2. The van der Waals surface area contributed by atoms with Crippen molar-refractivity contribution in [2.75, 3.05) is 40.4 Å². The summed E-state index contributed by atoms with van der Waals surface area (Å²) in [5.74, 6) is -0.00118. The monoisotopic (exact) mass is 508 g/mol. The zero-order valence-electron chi connectivity index (χ0n) is 22.8. The van der Waals surface area contributed by atoms with Crippen molar-refractivity contribution in [2.24, 2.45) is 0 Å². The van der Waals surface area contributed by atoms with E-state index in [9.17, 15) is 14.7 Å². The number of aryl methyl sites for hydroxylation is 1. The summed E-state index contributed by atoms with van der Waals surface area (Å²) in [4.78, 5) is 29.9. The van der Waals surface area contributed by atoms with Gasteiger partial charge >= 0.3 is 0 Å². The second-order valence-corrected chi connectivity index (χ2v) is 9.75. The first kappa shape index (κ1) is 28.3. The van der Waals surface area contributed by atoms with Gasteiger partial charge in [0, 0.05) is 18.7 Å². The minimum absolute atomic E-state index is 0.103. The number of likely N-dealkylation sites (N-methyl/N-ethyl adjacent to an activating group) is 1. The molecule has 0 bridgehead atoms. The normalized spacial score (nSPS) is 17.0. The van der Waals surface area contributed by atoms with Crippen molar-refractivity contribution in [1.29, 1.82) is 0 Å². The van der Waals surface area contributed by atoms with Crippen molar-refractivity contribution in [3.63, 3.8) is 0 Å². The van der Waals surface area contributed by atoms with Gasteiger partial charge in [0.1, 0.15) is 17.3 Å². The summed E-state index contributed by atoms with van der Waals surface area (Å²) in [6, 6.07) is 12.1. The van der Waals surface area contributed by atoms with Crippen LogP contribution in [0, 0.1) is 6.92 Å². The number of Topliss-reactive ketones (excluding diaryl/α,β-unsaturated/α-hetero) is 1. The van der Waals surface area contributed by atoms with Crippen LogP contribution >= 0.6 is 0 Å². The number of ketones is 1. The number of hydrogen-bond acceptors (Lipinski definition) is 6. The third kappa shape index (κ3) is 6.92. The Hall–Kier alpha value is -3.32. The van der Waals surface area contributed by atoms with Crippen molar-refractivity contribution in [2.45, 2.75) is 52.5 Å². The molecule has 0 radical (unpaired) electrons. The van der Waals surface area contributed by atoms with Crippen molar-refractivity contribution >= 4 is 17.4 Å². The summed E-state index contributed by atoms with van der Waals surface area (Å²) in [5, 5.41) is 11.4. The fourth-order valence-corrected chi connectivity index (χ4v) is 4.32. The fraction of sp³-hybridized carbons (Fsp3) is 0.467. The number of benzene rings is 2. The second kappa shape index (κ2) is 13.3. The van der Waals surface area contributed by atoms with Crippen LogP contribution in [0.2, 0.25) is 0 Å². The topological polar surface area (TPSA) is 79.3 Å². The van der Waals surface area contributed by atoms with E-state index in [1.54, 1.807) is 17.0 Å². The highest BCUT2D eigenvalue weighted by atomic mass is 16.5. The lowest BCUT2D eigenvalue weighted by atomic mass is 9.94. The van der Waals surface area contributed by atoms with Gasteiger partial charge in [0.25, 0.3) is 11.7 Å². The van der Waals surface area contributed by atoms with Gasteiger partial charge in [0.2, 0.25) is 0 Å². The summed E-state index contributed by atoms with van der Waals surface area (Å²) in [5.41, 5.74) is 2.13. The summed E-state index contributed by atoms with van der Waals surface area (Å²) >= 11 is 0. The van der Waals surface area contributed by atoms with E-state index >= 15 is 0 Å². The minimum Gasteiger partial charge on any atom is -0.507 e. The molecule has 1 atom stereocenters. The SMILES string of the molecule is CCCCOc1ccc(C2C(=C(O)c3ccc(OCCCC)cc3C)C(=O)C(=O)N2CCN(C)C)cc1. The van der Waals surface area contributed by atoms with Crippen LogP contribution in [0.25, 0.3) is 5.76 Å². The van der Waals surface area contributed by atoms with Crippen LogP contribution in [0.3, 0.4) is 0 Å². The molecule has 200 valence electrons. The average molecular weight is 509 g/mol. The molecule has 0 spiro atoms. The molecule has 3 rings (SSSR count). The number of likely N-dealkylation sites (tertiary alicyclic amines) is 1. The van der Waals surface area contributed by atoms with E-state index in [-0.39, 0.29) is 11.3 Å². The van der Waals surface area contributed by atoms with Crippen LogP contribution in [0.15, 0.2) is 48.0 Å².